The largest absolute Gasteiger partial charge is 0.496 e. The smallest absolute Gasteiger partial charge is 0.113 e. The van der Waals surface area contributed by atoms with Crippen LogP contribution in [-0.4, -0.2) is 11.6 Å². The molecule has 1 unspecified atom stereocenters. The number of allylic oxidation sites excluding steroid dienone is 1. The number of ether oxygens (including phenoxy) is 1. The Labute approximate surface area is 90.0 Å². The first-order valence-corrected chi connectivity index (χ1v) is 5.28. The number of nitrogens with zero attached hydrogens (tertiary/aromatic N) is 1. The fourth-order valence-corrected chi connectivity index (χ4v) is 1.72. The Bertz CT molecular complexity index is 374. The molecular formula is C12H16N2O. The summed E-state index contributed by atoms with van der Waals surface area (Å²) in [6.45, 7) is 2.75. The van der Waals surface area contributed by atoms with Gasteiger partial charge in [0.15, 0.2) is 0 Å². The molecule has 2 rings (SSSR count). The van der Waals surface area contributed by atoms with Gasteiger partial charge in [-0.3, -0.25) is 4.98 Å². The predicted octanol–water partition coefficient (Wildman–Crippen LogP) is 2.08. The predicted molar refractivity (Wildman–Crippen MR) is 59.2 cm³/mol. The lowest BCUT2D eigenvalue weighted by molar-refractivity contribution is 0.176. The van der Waals surface area contributed by atoms with Crippen LogP contribution in [-0.2, 0) is 4.74 Å². The average Bonchev–Trinajstić information content (AvgIpc) is 2.29. The Morgan fingerprint density at radius 1 is 1.53 bits per heavy atom. The van der Waals surface area contributed by atoms with Crippen molar-refractivity contribution in [1.29, 1.82) is 0 Å². The minimum atomic E-state index is -0.146. The number of aromatic nitrogens is 1. The SMILES string of the molecule is Cc1cc(C(N)C2=CCCCO2)ccn1. The van der Waals surface area contributed by atoms with Crippen molar-refractivity contribution < 1.29 is 4.74 Å². The second kappa shape index (κ2) is 4.45. The van der Waals surface area contributed by atoms with Gasteiger partial charge in [-0.15, -0.1) is 0 Å². The van der Waals surface area contributed by atoms with Gasteiger partial charge in [-0.1, -0.05) is 0 Å². The summed E-state index contributed by atoms with van der Waals surface area (Å²) in [7, 11) is 0. The third-order valence-electron chi connectivity index (χ3n) is 2.55. The Balaban J connectivity index is 2.19. The molecule has 0 amide bonds. The number of hydrogen-bond acceptors (Lipinski definition) is 3. The molecule has 15 heavy (non-hydrogen) atoms. The molecule has 2 heterocycles. The fourth-order valence-electron chi connectivity index (χ4n) is 1.72. The topological polar surface area (TPSA) is 48.1 Å². The lowest BCUT2D eigenvalue weighted by Crippen LogP contribution is -2.18. The highest BCUT2D eigenvalue weighted by Gasteiger charge is 2.15. The van der Waals surface area contributed by atoms with E-state index in [0.29, 0.717) is 0 Å². The normalized spacial score (nSPS) is 17.9. The van der Waals surface area contributed by atoms with E-state index in [1.165, 1.54) is 0 Å². The van der Waals surface area contributed by atoms with Crippen LogP contribution < -0.4 is 5.73 Å². The van der Waals surface area contributed by atoms with Crippen LogP contribution in [0.2, 0.25) is 0 Å². The summed E-state index contributed by atoms with van der Waals surface area (Å²) in [4.78, 5) is 4.15. The van der Waals surface area contributed by atoms with Crippen molar-refractivity contribution in [2.45, 2.75) is 25.8 Å². The molecule has 3 heteroatoms. The quantitative estimate of drug-likeness (QED) is 0.802. The summed E-state index contributed by atoms with van der Waals surface area (Å²) >= 11 is 0. The van der Waals surface area contributed by atoms with Crippen molar-refractivity contribution in [3.8, 4) is 0 Å². The van der Waals surface area contributed by atoms with Crippen LogP contribution >= 0.6 is 0 Å². The molecule has 1 aromatic rings. The van der Waals surface area contributed by atoms with E-state index in [1.807, 2.05) is 19.1 Å². The van der Waals surface area contributed by atoms with E-state index in [9.17, 15) is 0 Å². The van der Waals surface area contributed by atoms with Gasteiger partial charge in [0.05, 0.1) is 12.6 Å². The van der Waals surface area contributed by atoms with Gasteiger partial charge in [-0.2, -0.15) is 0 Å². The summed E-state index contributed by atoms with van der Waals surface area (Å²) in [6.07, 6.45) is 6.02. The molecule has 1 atom stereocenters. The molecule has 1 aliphatic rings. The molecule has 1 aromatic heterocycles. The van der Waals surface area contributed by atoms with Crippen LogP contribution in [0, 0.1) is 6.92 Å². The Hall–Kier alpha value is -1.35. The Morgan fingerprint density at radius 2 is 2.40 bits per heavy atom. The molecule has 0 spiro atoms. The maximum absolute atomic E-state index is 6.12. The third-order valence-corrected chi connectivity index (χ3v) is 2.55. The van der Waals surface area contributed by atoms with Crippen molar-refractivity contribution in [2.24, 2.45) is 5.73 Å². The van der Waals surface area contributed by atoms with Crippen molar-refractivity contribution in [2.75, 3.05) is 6.61 Å². The number of rotatable bonds is 2. The van der Waals surface area contributed by atoms with Gasteiger partial charge in [-0.25, -0.2) is 0 Å². The summed E-state index contributed by atoms with van der Waals surface area (Å²) in [5, 5.41) is 0. The minimum absolute atomic E-state index is 0.146. The van der Waals surface area contributed by atoms with E-state index >= 15 is 0 Å². The van der Waals surface area contributed by atoms with Crippen molar-refractivity contribution in [1.82, 2.24) is 4.98 Å². The second-order valence-electron chi connectivity index (χ2n) is 3.81. The third kappa shape index (κ3) is 2.36. The van der Waals surface area contributed by atoms with Crippen LogP contribution in [0.3, 0.4) is 0 Å². The van der Waals surface area contributed by atoms with Gasteiger partial charge >= 0.3 is 0 Å². The van der Waals surface area contributed by atoms with Gasteiger partial charge in [-0.05, 0) is 43.5 Å². The van der Waals surface area contributed by atoms with Gasteiger partial charge in [0.25, 0.3) is 0 Å². The molecule has 2 N–H and O–H groups in total. The van der Waals surface area contributed by atoms with Gasteiger partial charge in [0.1, 0.15) is 5.76 Å². The molecule has 0 fully saturated rings. The van der Waals surface area contributed by atoms with Crippen LogP contribution in [0.15, 0.2) is 30.2 Å². The summed E-state index contributed by atoms with van der Waals surface area (Å²) in [5.41, 5.74) is 8.17. The molecule has 0 radical (unpaired) electrons. The van der Waals surface area contributed by atoms with Crippen molar-refractivity contribution in [3.05, 3.63) is 41.4 Å². The van der Waals surface area contributed by atoms with Gasteiger partial charge in [0, 0.05) is 11.9 Å². The number of hydrogen-bond donors (Lipinski definition) is 1. The fraction of sp³-hybridized carbons (Fsp3) is 0.417. The maximum Gasteiger partial charge on any atom is 0.113 e. The van der Waals surface area contributed by atoms with E-state index in [2.05, 4.69) is 11.1 Å². The molecule has 80 valence electrons. The van der Waals surface area contributed by atoms with Crippen LogP contribution in [0.25, 0.3) is 0 Å². The maximum atomic E-state index is 6.12. The first-order chi connectivity index (χ1) is 7.27. The standard InChI is InChI=1S/C12H16N2O/c1-9-8-10(5-6-14-9)12(13)11-4-2-3-7-15-11/h4-6,8,12H,2-3,7,13H2,1H3. The molecule has 0 bridgehead atoms. The van der Waals surface area contributed by atoms with E-state index in [-0.39, 0.29) is 6.04 Å². The van der Waals surface area contributed by atoms with Crippen LogP contribution in [0.5, 0.6) is 0 Å². The molecule has 0 saturated heterocycles. The number of pyridine rings is 1. The van der Waals surface area contributed by atoms with Gasteiger partial charge in [0.2, 0.25) is 0 Å². The molecule has 1 aliphatic heterocycles. The molecule has 0 saturated carbocycles. The zero-order valence-electron chi connectivity index (χ0n) is 8.94. The first-order valence-electron chi connectivity index (χ1n) is 5.28. The molecule has 3 nitrogen and oxygen atoms in total. The summed E-state index contributed by atoms with van der Waals surface area (Å²) < 4.78 is 5.55. The molecule has 0 aliphatic carbocycles. The molecular weight excluding hydrogens is 188 g/mol. The van der Waals surface area contributed by atoms with E-state index in [0.717, 1.165) is 36.5 Å². The first kappa shape index (κ1) is 10.2. The van der Waals surface area contributed by atoms with E-state index < -0.39 is 0 Å². The van der Waals surface area contributed by atoms with Crippen molar-refractivity contribution in [3.63, 3.8) is 0 Å². The second-order valence-corrected chi connectivity index (χ2v) is 3.81. The number of aryl methyl sites for hydroxylation is 1. The van der Waals surface area contributed by atoms with Crippen LogP contribution in [0.4, 0.5) is 0 Å². The Morgan fingerprint density at radius 3 is 3.07 bits per heavy atom. The minimum Gasteiger partial charge on any atom is -0.496 e. The summed E-state index contributed by atoms with van der Waals surface area (Å²) in [6, 6.07) is 3.80. The lowest BCUT2D eigenvalue weighted by atomic mass is 10.0. The zero-order valence-corrected chi connectivity index (χ0v) is 8.94. The lowest BCUT2D eigenvalue weighted by Gasteiger charge is -2.20. The highest BCUT2D eigenvalue weighted by molar-refractivity contribution is 5.25. The van der Waals surface area contributed by atoms with E-state index in [4.69, 9.17) is 10.5 Å². The molecule has 0 aromatic carbocycles. The Kier molecular flexibility index (Phi) is 3.02. The zero-order chi connectivity index (χ0) is 10.7. The monoisotopic (exact) mass is 204 g/mol. The van der Waals surface area contributed by atoms with Gasteiger partial charge < -0.3 is 10.5 Å². The number of nitrogens with two attached hydrogens (primary N) is 1. The summed E-state index contributed by atoms with van der Waals surface area (Å²) in [5.74, 6) is 0.895. The highest BCUT2D eigenvalue weighted by Crippen LogP contribution is 2.23. The van der Waals surface area contributed by atoms with Crippen molar-refractivity contribution >= 4 is 0 Å². The van der Waals surface area contributed by atoms with E-state index in [1.54, 1.807) is 6.20 Å². The average molecular weight is 204 g/mol. The van der Waals surface area contributed by atoms with Crippen LogP contribution in [0.1, 0.15) is 30.1 Å². The highest BCUT2D eigenvalue weighted by atomic mass is 16.5.